The van der Waals surface area contributed by atoms with E-state index in [1.807, 2.05) is 24.3 Å². The van der Waals surface area contributed by atoms with E-state index in [9.17, 15) is 4.79 Å². The van der Waals surface area contributed by atoms with Crippen LogP contribution in [0.1, 0.15) is 25.7 Å². The molecule has 2 heterocycles. The molecule has 0 saturated carbocycles. The highest BCUT2D eigenvalue weighted by atomic mass is 16.7. The van der Waals surface area contributed by atoms with Gasteiger partial charge in [0.05, 0.1) is 6.54 Å². The fourth-order valence-electron chi connectivity index (χ4n) is 3.32. The summed E-state index contributed by atoms with van der Waals surface area (Å²) < 4.78 is 11.9. The van der Waals surface area contributed by atoms with Crippen LogP contribution in [0.3, 0.4) is 0 Å². The summed E-state index contributed by atoms with van der Waals surface area (Å²) in [5.74, 6) is 0.823. The number of rotatable bonds is 1. The Bertz CT molecular complexity index is 589. The van der Waals surface area contributed by atoms with Crippen molar-refractivity contribution in [1.29, 1.82) is 0 Å². The SMILES string of the molecule is O=C(NC1C=CCCC1)N1CCC2(C1)Oc1ccccc1O2. The first-order valence-electron chi connectivity index (χ1n) is 7.93. The minimum Gasteiger partial charge on any atom is -0.447 e. The highest BCUT2D eigenvalue weighted by Gasteiger charge is 2.48. The van der Waals surface area contributed by atoms with E-state index in [1.54, 1.807) is 4.90 Å². The molecule has 1 saturated heterocycles. The molecule has 2 amide bonds. The molecule has 2 aliphatic heterocycles. The number of benzene rings is 1. The molecular formula is C17H20N2O3. The molecule has 116 valence electrons. The van der Waals surface area contributed by atoms with E-state index < -0.39 is 5.79 Å². The van der Waals surface area contributed by atoms with Gasteiger partial charge in [-0.2, -0.15) is 0 Å². The summed E-state index contributed by atoms with van der Waals surface area (Å²) in [5, 5.41) is 3.08. The highest BCUT2D eigenvalue weighted by molar-refractivity contribution is 5.75. The zero-order chi connectivity index (χ0) is 15.0. The van der Waals surface area contributed by atoms with Crippen molar-refractivity contribution in [2.75, 3.05) is 13.1 Å². The maximum absolute atomic E-state index is 12.4. The van der Waals surface area contributed by atoms with Gasteiger partial charge >= 0.3 is 6.03 Å². The Morgan fingerprint density at radius 1 is 1.27 bits per heavy atom. The van der Waals surface area contributed by atoms with Crippen molar-refractivity contribution in [2.45, 2.75) is 37.5 Å². The Morgan fingerprint density at radius 3 is 2.73 bits per heavy atom. The zero-order valence-electron chi connectivity index (χ0n) is 12.5. The van der Waals surface area contributed by atoms with Crippen LogP contribution in [0.5, 0.6) is 11.5 Å². The third-order valence-corrected chi connectivity index (χ3v) is 4.49. The second-order valence-electron chi connectivity index (χ2n) is 6.15. The summed E-state index contributed by atoms with van der Waals surface area (Å²) >= 11 is 0. The number of para-hydroxylation sites is 2. The van der Waals surface area contributed by atoms with Crippen LogP contribution in [-0.2, 0) is 0 Å². The van der Waals surface area contributed by atoms with Crippen molar-refractivity contribution in [1.82, 2.24) is 10.2 Å². The van der Waals surface area contributed by atoms with Gasteiger partial charge in [0.25, 0.3) is 5.79 Å². The molecule has 5 heteroatoms. The molecule has 1 unspecified atom stereocenters. The van der Waals surface area contributed by atoms with Gasteiger partial charge in [0, 0.05) is 19.0 Å². The van der Waals surface area contributed by atoms with Crippen LogP contribution in [0, 0.1) is 0 Å². The molecule has 1 spiro atoms. The van der Waals surface area contributed by atoms with Gasteiger partial charge in [-0.1, -0.05) is 24.3 Å². The summed E-state index contributed by atoms with van der Waals surface area (Å²) in [5.41, 5.74) is 0. The van der Waals surface area contributed by atoms with Crippen molar-refractivity contribution >= 4 is 6.03 Å². The van der Waals surface area contributed by atoms with Gasteiger partial charge in [-0.25, -0.2) is 4.79 Å². The molecule has 22 heavy (non-hydrogen) atoms. The zero-order valence-corrected chi connectivity index (χ0v) is 12.5. The van der Waals surface area contributed by atoms with Gasteiger partial charge in [-0.15, -0.1) is 0 Å². The quantitative estimate of drug-likeness (QED) is 0.811. The molecule has 0 radical (unpaired) electrons. The summed E-state index contributed by atoms with van der Waals surface area (Å²) in [4.78, 5) is 14.2. The van der Waals surface area contributed by atoms with E-state index >= 15 is 0 Å². The third kappa shape index (κ3) is 2.40. The number of hydrogen-bond donors (Lipinski definition) is 1. The average Bonchev–Trinajstić information content (AvgIpc) is 3.11. The molecule has 0 aromatic heterocycles. The Morgan fingerprint density at radius 2 is 2.05 bits per heavy atom. The van der Waals surface area contributed by atoms with Crippen molar-refractivity contribution in [3.05, 3.63) is 36.4 Å². The lowest BCUT2D eigenvalue weighted by Gasteiger charge is -2.25. The maximum Gasteiger partial charge on any atom is 0.318 e. The smallest absolute Gasteiger partial charge is 0.318 e. The van der Waals surface area contributed by atoms with Gasteiger partial charge in [0.1, 0.15) is 0 Å². The predicted octanol–water partition coefficient (Wildman–Crippen LogP) is 2.68. The van der Waals surface area contributed by atoms with E-state index in [1.165, 1.54) is 0 Å². The van der Waals surface area contributed by atoms with Crippen LogP contribution >= 0.6 is 0 Å². The number of likely N-dealkylation sites (tertiary alicyclic amines) is 1. The summed E-state index contributed by atoms with van der Waals surface area (Å²) in [6.07, 6.45) is 8.17. The first kappa shape index (κ1) is 13.5. The normalized spacial score (nSPS) is 24.7. The number of nitrogens with one attached hydrogen (secondary N) is 1. The number of carbonyl (C=O) groups excluding carboxylic acids is 1. The fraction of sp³-hybridized carbons (Fsp3) is 0.471. The van der Waals surface area contributed by atoms with Crippen LogP contribution < -0.4 is 14.8 Å². The average molecular weight is 300 g/mol. The molecule has 1 aromatic carbocycles. The number of nitrogens with zero attached hydrogens (tertiary/aromatic N) is 1. The number of ether oxygens (including phenoxy) is 2. The van der Waals surface area contributed by atoms with Crippen LogP contribution in [0.2, 0.25) is 0 Å². The molecular weight excluding hydrogens is 280 g/mol. The van der Waals surface area contributed by atoms with E-state index in [0.29, 0.717) is 19.5 Å². The van der Waals surface area contributed by atoms with Gasteiger partial charge in [0.15, 0.2) is 11.5 Å². The van der Waals surface area contributed by atoms with E-state index in [-0.39, 0.29) is 12.1 Å². The van der Waals surface area contributed by atoms with E-state index in [2.05, 4.69) is 17.5 Å². The lowest BCUT2D eigenvalue weighted by atomic mass is 10.0. The maximum atomic E-state index is 12.4. The highest BCUT2D eigenvalue weighted by Crippen LogP contribution is 2.42. The molecule has 0 bridgehead atoms. The van der Waals surface area contributed by atoms with Gasteiger partial charge in [0.2, 0.25) is 0 Å². The van der Waals surface area contributed by atoms with Crippen molar-refractivity contribution in [2.24, 2.45) is 0 Å². The first-order valence-corrected chi connectivity index (χ1v) is 7.93. The lowest BCUT2D eigenvalue weighted by molar-refractivity contribution is -0.0650. The summed E-state index contributed by atoms with van der Waals surface area (Å²) in [6, 6.07) is 7.78. The fourth-order valence-corrected chi connectivity index (χ4v) is 3.32. The van der Waals surface area contributed by atoms with E-state index in [0.717, 1.165) is 30.8 Å². The van der Waals surface area contributed by atoms with Crippen molar-refractivity contribution in [3.63, 3.8) is 0 Å². The monoisotopic (exact) mass is 300 g/mol. The molecule has 1 atom stereocenters. The Balaban J connectivity index is 1.40. The predicted molar refractivity (Wildman–Crippen MR) is 81.9 cm³/mol. The van der Waals surface area contributed by atoms with Crippen LogP contribution in [0.15, 0.2) is 36.4 Å². The van der Waals surface area contributed by atoms with Crippen LogP contribution in [0.25, 0.3) is 0 Å². The molecule has 5 nitrogen and oxygen atoms in total. The first-order chi connectivity index (χ1) is 10.7. The minimum atomic E-state index is -0.705. The molecule has 1 fully saturated rings. The number of hydrogen-bond acceptors (Lipinski definition) is 3. The second-order valence-corrected chi connectivity index (χ2v) is 6.15. The molecule has 1 aliphatic carbocycles. The number of amides is 2. The number of carbonyl (C=O) groups is 1. The van der Waals surface area contributed by atoms with Gasteiger partial charge in [-0.05, 0) is 31.4 Å². The molecule has 1 aromatic rings. The molecule has 3 aliphatic rings. The largest absolute Gasteiger partial charge is 0.447 e. The minimum absolute atomic E-state index is 0.0309. The molecule has 4 rings (SSSR count). The van der Waals surface area contributed by atoms with Gasteiger partial charge < -0.3 is 19.7 Å². The van der Waals surface area contributed by atoms with E-state index in [4.69, 9.17) is 9.47 Å². The van der Waals surface area contributed by atoms with Crippen molar-refractivity contribution < 1.29 is 14.3 Å². The number of urea groups is 1. The summed E-state index contributed by atoms with van der Waals surface area (Å²) in [7, 11) is 0. The topological polar surface area (TPSA) is 50.8 Å². The van der Waals surface area contributed by atoms with Gasteiger partial charge in [-0.3, -0.25) is 0 Å². The lowest BCUT2D eigenvalue weighted by Crippen LogP contribution is -2.47. The standard InChI is InChI=1S/C17H20N2O3/c20-16(18-13-6-2-1-3-7-13)19-11-10-17(12-19)21-14-8-4-5-9-15(14)22-17/h2,4-6,8-9,13H,1,3,7,10-12H2,(H,18,20). The number of allylic oxidation sites excluding steroid dienone is 1. The Kier molecular flexibility index (Phi) is 3.21. The third-order valence-electron chi connectivity index (χ3n) is 4.49. The Labute approximate surface area is 129 Å². The molecule has 1 N–H and O–H groups in total. The second kappa shape index (κ2) is 5.23. The van der Waals surface area contributed by atoms with Crippen LogP contribution in [0.4, 0.5) is 4.79 Å². The Hall–Kier alpha value is -2.17. The number of fused-ring (bicyclic) bond motifs is 1. The van der Waals surface area contributed by atoms with Crippen molar-refractivity contribution in [3.8, 4) is 11.5 Å². The summed E-state index contributed by atoms with van der Waals surface area (Å²) in [6.45, 7) is 1.11. The van der Waals surface area contributed by atoms with Crippen LogP contribution in [-0.4, -0.2) is 35.8 Å².